The van der Waals surface area contributed by atoms with Gasteiger partial charge in [0.05, 0.1) is 12.2 Å². The first kappa shape index (κ1) is 13.1. The smallest absolute Gasteiger partial charge is 0.221 e. The molecule has 4 heteroatoms. The number of anilines is 1. The van der Waals surface area contributed by atoms with Crippen molar-refractivity contribution in [2.45, 2.75) is 52.4 Å². The zero-order chi connectivity index (χ0) is 13.0. The zero-order valence-corrected chi connectivity index (χ0v) is 11.4. The predicted octanol–water partition coefficient (Wildman–Crippen LogP) is 2.89. The number of nitrogens with zero attached hydrogens (tertiary/aromatic N) is 2. The molecule has 4 nitrogen and oxygen atoms in total. The summed E-state index contributed by atoms with van der Waals surface area (Å²) in [4.78, 5) is 8.76. The van der Waals surface area contributed by atoms with E-state index in [1.165, 1.54) is 25.7 Å². The first-order chi connectivity index (χ1) is 8.70. The molecule has 1 aromatic rings. The van der Waals surface area contributed by atoms with E-state index in [0.717, 1.165) is 30.8 Å². The Morgan fingerprint density at radius 2 is 2.00 bits per heavy atom. The molecular weight excluding hydrogens is 226 g/mol. The van der Waals surface area contributed by atoms with Gasteiger partial charge in [0.15, 0.2) is 0 Å². The van der Waals surface area contributed by atoms with Crippen molar-refractivity contribution in [3.8, 4) is 5.88 Å². The summed E-state index contributed by atoms with van der Waals surface area (Å²) in [7, 11) is 0. The normalized spacial score (nSPS) is 16.1. The lowest BCUT2D eigenvalue weighted by Crippen LogP contribution is -2.12. The molecule has 1 heterocycles. The summed E-state index contributed by atoms with van der Waals surface area (Å²) in [5.74, 6) is 2.71. The molecule has 1 aliphatic rings. The summed E-state index contributed by atoms with van der Waals surface area (Å²) < 4.78 is 5.86. The summed E-state index contributed by atoms with van der Waals surface area (Å²) >= 11 is 0. The van der Waals surface area contributed by atoms with Crippen molar-refractivity contribution < 1.29 is 4.74 Å². The van der Waals surface area contributed by atoms with E-state index in [2.05, 4.69) is 16.9 Å². The van der Waals surface area contributed by atoms with E-state index in [1.807, 2.05) is 6.92 Å². The third-order valence-electron chi connectivity index (χ3n) is 3.59. The number of nitrogen functional groups attached to an aromatic ring is 1. The van der Waals surface area contributed by atoms with Crippen LogP contribution in [0.5, 0.6) is 5.88 Å². The molecule has 0 amide bonds. The number of hydrogen-bond acceptors (Lipinski definition) is 4. The van der Waals surface area contributed by atoms with Gasteiger partial charge in [-0.05, 0) is 32.1 Å². The maximum atomic E-state index is 5.90. The number of rotatable bonds is 5. The van der Waals surface area contributed by atoms with E-state index in [1.54, 1.807) is 0 Å². The molecule has 2 N–H and O–H groups in total. The van der Waals surface area contributed by atoms with Crippen LogP contribution in [0.1, 0.15) is 50.4 Å². The lowest BCUT2D eigenvalue weighted by Gasteiger charge is -2.14. The number of hydrogen-bond donors (Lipinski definition) is 1. The van der Waals surface area contributed by atoms with Gasteiger partial charge < -0.3 is 10.5 Å². The lowest BCUT2D eigenvalue weighted by molar-refractivity contribution is 0.241. The highest BCUT2D eigenvalue weighted by atomic mass is 16.5. The molecule has 0 spiro atoms. The highest BCUT2D eigenvalue weighted by Crippen LogP contribution is 2.27. The number of nitrogens with two attached hydrogens (primary N) is 1. The zero-order valence-electron chi connectivity index (χ0n) is 11.4. The van der Waals surface area contributed by atoms with Gasteiger partial charge in [-0.25, -0.2) is 4.98 Å². The van der Waals surface area contributed by atoms with Gasteiger partial charge in [0, 0.05) is 6.42 Å². The highest BCUT2D eigenvalue weighted by Gasteiger charge is 2.17. The van der Waals surface area contributed by atoms with Crippen molar-refractivity contribution in [1.82, 2.24) is 9.97 Å². The van der Waals surface area contributed by atoms with Crippen LogP contribution >= 0.6 is 0 Å². The van der Waals surface area contributed by atoms with E-state index in [4.69, 9.17) is 10.5 Å². The monoisotopic (exact) mass is 249 g/mol. The average molecular weight is 249 g/mol. The van der Waals surface area contributed by atoms with Crippen LogP contribution in [0.4, 0.5) is 5.82 Å². The minimum Gasteiger partial charge on any atom is -0.477 e. The summed E-state index contributed by atoms with van der Waals surface area (Å²) in [6.07, 6.45) is 7.09. The van der Waals surface area contributed by atoms with Gasteiger partial charge in [-0.15, -0.1) is 0 Å². The van der Waals surface area contributed by atoms with Crippen LogP contribution in [0.2, 0.25) is 0 Å². The second kappa shape index (κ2) is 6.03. The van der Waals surface area contributed by atoms with Crippen LogP contribution in [0.3, 0.4) is 0 Å². The molecule has 1 fully saturated rings. The largest absolute Gasteiger partial charge is 0.477 e. The van der Waals surface area contributed by atoms with E-state index in [-0.39, 0.29) is 0 Å². The van der Waals surface area contributed by atoms with E-state index in [0.29, 0.717) is 17.6 Å². The Morgan fingerprint density at radius 3 is 2.67 bits per heavy atom. The van der Waals surface area contributed by atoms with Gasteiger partial charge in [-0.3, -0.25) is 0 Å². The molecule has 1 saturated carbocycles. The Balaban J connectivity index is 2.05. The average Bonchev–Trinajstić information content (AvgIpc) is 2.85. The third-order valence-corrected chi connectivity index (χ3v) is 3.59. The van der Waals surface area contributed by atoms with Crippen LogP contribution < -0.4 is 10.5 Å². The van der Waals surface area contributed by atoms with Crippen molar-refractivity contribution >= 4 is 5.82 Å². The van der Waals surface area contributed by atoms with Crippen LogP contribution in [0, 0.1) is 12.8 Å². The van der Waals surface area contributed by atoms with Crippen molar-refractivity contribution in [3.05, 3.63) is 11.4 Å². The molecule has 0 saturated heterocycles. The summed E-state index contributed by atoms with van der Waals surface area (Å²) in [5, 5.41) is 0. The van der Waals surface area contributed by atoms with E-state index < -0.39 is 0 Å². The second-order valence-corrected chi connectivity index (χ2v) is 5.17. The molecule has 0 bridgehead atoms. The molecule has 0 aliphatic heterocycles. The van der Waals surface area contributed by atoms with Gasteiger partial charge in [0.25, 0.3) is 0 Å². The Kier molecular flexibility index (Phi) is 4.39. The molecule has 1 aromatic heterocycles. The van der Waals surface area contributed by atoms with Gasteiger partial charge in [0.1, 0.15) is 11.6 Å². The van der Waals surface area contributed by atoms with Crippen LogP contribution in [-0.4, -0.2) is 16.6 Å². The number of ether oxygens (including phenoxy) is 1. The molecule has 0 unspecified atom stereocenters. The molecule has 100 valence electrons. The highest BCUT2D eigenvalue weighted by molar-refractivity contribution is 5.44. The van der Waals surface area contributed by atoms with Crippen molar-refractivity contribution in [1.29, 1.82) is 0 Å². The van der Waals surface area contributed by atoms with Crippen LogP contribution in [-0.2, 0) is 6.42 Å². The summed E-state index contributed by atoms with van der Waals surface area (Å²) in [6.45, 7) is 4.80. The molecular formula is C14H23N3O. The molecule has 0 aromatic carbocycles. The van der Waals surface area contributed by atoms with Gasteiger partial charge in [-0.2, -0.15) is 4.98 Å². The van der Waals surface area contributed by atoms with Crippen LogP contribution in [0.15, 0.2) is 0 Å². The molecule has 0 atom stereocenters. The van der Waals surface area contributed by atoms with E-state index >= 15 is 0 Å². The molecule has 1 aliphatic carbocycles. The van der Waals surface area contributed by atoms with Crippen LogP contribution in [0.25, 0.3) is 0 Å². The standard InChI is InChI=1S/C14H23N3O/c1-3-6-12-16-13(15)10(2)14(17-12)18-9-11-7-4-5-8-11/h11H,3-9H2,1-2H3,(H2,15,16,17). The lowest BCUT2D eigenvalue weighted by atomic mass is 10.1. The summed E-state index contributed by atoms with van der Waals surface area (Å²) in [6, 6.07) is 0. The molecule has 2 rings (SSSR count). The fourth-order valence-electron chi connectivity index (χ4n) is 2.41. The SMILES string of the molecule is CCCc1nc(N)c(C)c(OCC2CCCC2)n1. The van der Waals surface area contributed by atoms with Crippen molar-refractivity contribution in [2.75, 3.05) is 12.3 Å². The maximum absolute atomic E-state index is 5.90. The van der Waals surface area contributed by atoms with Gasteiger partial charge in [0.2, 0.25) is 5.88 Å². The Bertz CT molecular complexity index is 400. The minimum atomic E-state index is 0.551. The van der Waals surface area contributed by atoms with Gasteiger partial charge >= 0.3 is 0 Å². The Morgan fingerprint density at radius 1 is 1.28 bits per heavy atom. The molecule has 18 heavy (non-hydrogen) atoms. The first-order valence-electron chi connectivity index (χ1n) is 6.96. The fraction of sp³-hybridized carbons (Fsp3) is 0.714. The predicted molar refractivity (Wildman–Crippen MR) is 72.6 cm³/mol. The number of aromatic nitrogens is 2. The first-order valence-corrected chi connectivity index (χ1v) is 6.96. The quantitative estimate of drug-likeness (QED) is 0.871. The van der Waals surface area contributed by atoms with Crippen molar-refractivity contribution in [2.24, 2.45) is 5.92 Å². The second-order valence-electron chi connectivity index (χ2n) is 5.17. The fourth-order valence-corrected chi connectivity index (χ4v) is 2.41. The maximum Gasteiger partial charge on any atom is 0.221 e. The Labute approximate surface area is 109 Å². The third kappa shape index (κ3) is 3.12. The topological polar surface area (TPSA) is 61.0 Å². The minimum absolute atomic E-state index is 0.551. The van der Waals surface area contributed by atoms with E-state index in [9.17, 15) is 0 Å². The summed E-state index contributed by atoms with van der Waals surface area (Å²) in [5.41, 5.74) is 6.77. The van der Waals surface area contributed by atoms with Crippen molar-refractivity contribution in [3.63, 3.8) is 0 Å². The number of aryl methyl sites for hydroxylation is 1. The van der Waals surface area contributed by atoms with Gasteiger partial charge in [-0.1, -0.05) is 19.8 Å². The Hall–Kier alpha value is -1.32. The molecule has 0 radical (unpaired) electrons.